The van der Waals surface area contributed by atoms with Gasteiger partial charge in [0, 0.05) is 56.4 Å². The molecule has 0 aliphatic carbocycles. The first-order valence-corrected chi connectivity index (χ1v) is 12.4. The fourth-order valence-corrected chi connectivity index (χ4v) is 4.17. The van der Waals surface area contributed by atoms with Crippen molar-refractivity contribution in [2.75, 3.05) is 0 Å². The molecule has 4 heterocycles. The van der Waals surface area contributed by atoms with Crippen molar-refractivity contribution < 1.29 is 25.8 Å². The smallest absolute Gasteiger partial charge is 0.223 e. The third kappa shape index (κ3) is 6.25. The molecule has 0 radical (unpaired) electrons. The number of nitrogens with zero attached hydrogens (tertiary/aromatic N) is 4. The van der Waals surface area contributed by atoms with E-state index in [1.807, 2.05) is 78.9 Å². The Balaban J connectivity index is 0.000000339. The minimum atomic E-state index is 0. The van der Waals surface area contributed by atoms with Crippen molar-refractivity contribution in [1.82, 2.24) is 19.5 Å². The molecule has 5 nitrogen and oxygen atoms in total. The molecule has 4 aromatic heterocycles. The molecule has 0 aliphatic heterocycles. The Morgan fingerprint density at radius 3 is 2.23 bits per heavy atom. The van der Waals surface area contributed by atoms with Crippen LogP contribution in [0.4, 0.5) is 0 Å². The molecule has 0 amide bonds. The van der Waals surface area contributed by atoms with E-state index in [0.717, 1.165) is 38.9 Å². The van der Waals surface area contributed by atoms with E-state index in [9.17, 15) is 0 Å². The second-order valence-electron chi connectivity index (χ2n) is 9.79. The molecule has 2 aromatic carbocycles. The fraction of sp³-hybridized carbons (Fsp3) is 0.121. The summed E-state index contributed by atoms with van der Waals surface area (Å²) in [5.74, 6) is 4.06. The maximum absolute atomic E-state index is 6.69. The molecular formula is C33H27N4OPt-. The molecular weight excluding hydrogens is 663 g/mol. The van der Waals surface area contributed by atoms with Crippen LogP contribution in [0.2, 0.25) is 0 Å². The predicted octanol–water partition coefficient (Wildman–Crippen LogP) is 7.68. The number of aromatic nitrogens is 4. The van der Waals surface area contributed by atoms with E-state index in [4.69, 9.17) is 16.1 Å². The topological polar surface area (TPSA) is 52.8 Å². The fourth-order valence-electron chi connectivity index (χ4n) is 4.17. The molecule has 0 aliphatic rings. The summed E-state index contributed by atoms with van der Waals surface area (Å²) in [4.78, 5) is 13.7. The van der Waals surface area contributed by atoms with E-state index in [2.05, 4.69) is 59.4 Å². The molecule has 6 heteroatoms. The maximum atomic E-state index is 6.69. The third-order valence-electron chi connectivity index (χ3n) is 6.10. The number of ether oxygens (including phenoxy) is 1. The number of hydrogen-bond acceptors (Lipinski definition) is 4. The van der Waals surface area contributed by atoms with Gasteiger partial charge in [-0.2, -0.15) is 4.98 Å². The van der Waals surface area contributed by atoms with Gasteiger partial charge in [0.05, 0.1) is 5.52 Å². The molecule has 0 unspecified atom stereocenters. The van der Waals surface area contributed by atoms with E-state index < -0.39 is 0 Å². The molecule has 0 saturated carbocycles. The standard InChI is InChI=1S/C25H22N4O.C8H5.Pt/c1-25(2,3)17-13-15-26-23(16-17)30-22-12-6-11-21(28-22)29-20-10-5-4-8-18(20)19-9-7-14-27-24(19)29;1-2-8-6-4-3-5-7-8;/h4-16H,1-3H3;3-7H;/q;-1;. The van der Waals surface area contributed by atoms with Gasteiger partial charge in [0.1, 0.15) is 11.5 Å². The van der Waals surface area contributed by atoms with E-state index in [1.54, 1.807) is 12.4 Å². The zero-order chi connectivity index (χ0) is 26.5. The van der Waals surface area contributed by atoms with Crippen molar-refractivity contribution in [1.29, 1.82) is 0 Å². The van der Waals surface area contributed by atoms with Crippen LogP contribution in [0.15, 0.2) is 109 Å². The molecule has 6 rings (SSSR count). The van der Waals surface area contributed by atoms with Gasteiger partial charge >= 0.3 is 0 Å². The molecule has 39 heavy (non-hydrogen) atoms. The summed E-state index contributed by atoms with van der Waals surface area (Å²) in [7, 11) is 0. The number of hydrogen-bond donors (Lipinski definition) is 0. The van der Waals surface area contributed by atoms with Crippen molar-refractivity contribution in [3.8, 4) is 23.5 Å². The number of pyridine rings is 3. The van der Waals surface area contributed by atoms with E-state index >= 15 is 0 Å². The molecule has 196 valence electrons. The Morgan fingerprint density at radius 2 is 1.49 bits per heavy atom. The molecule has 6 aromatic rings. The van der Waals surface area contributed by atoms with Crippen LogP contribution in [0, 0.1) is 12.3 Å². The Hall–Kier alpha value is -4.26. The van der Waals surface area contributed by atoms with Crippen molar-refractivity contribution in [2.45, 2.75) is 26.2 Å². The van der Waals surface area contributed by atoms with Crippen LogP contribution in [-0.4, -0.2) is 19.5 Å². The molecule has 0 fully saturated rings. The minimum Gasteiger partial charge on any atom is -0.421 e. The monoisotopic (exact) mass is 690 g/mol. The second-order valence-corrected chi connectivity index (χ2v) is 9.79. The van der Waals surface area contributed by atoms with Crippen LogP contribution in [-0.2, 0) is 26.5 Å². The Morgan fingerprint density at radius 1 is 0.744 bits per heavy atom. The van der Waals surface area contributed by atoms with Crippen molar-refractivity contribution in [3.63, 3.8) is 0 Å². The van der Waals surface area contributed by atoms with Gasteiger partial charge in [0.25, 0.3) is 0 Å². The van der Waals surface area contributed by atoms with Gasteiger partial charge in [-0.05, 0) is 41.3 Å². The Labute approximate surface area is 243 Å². The molecule has 0 saturated heterocycles. The number of benzene rings is 2. The first kappa shape index (κ1) is 27.8. The quantitative estimate of drug-likeness (QED) is 0.141. The number of fused-ring (bicyclic) bond motifs is 3. The summed E-state index contributed by atoms with van der Waals surface area (Å²) in [5.41, 5.74) is 3.94. The van der Waals surface area contributed by atoms with Gasteiger partial charge in [-0.15, -0.1) is 17.7 Å². The normalized spacial score (nSPS) is 10.7. The van der Waals surface area contributed by atoms with Crippen LogP contribution in [0.1, 0.15) is 31.9 Å². The van der Waals surface area contributed by atoms with E-state index in [0.29, 0.717) is 11.8 Å². The number of para-hydroxylation sites is 1. The van der Waals surface area contributed by atoms with Crippen LogP contribution in [0.3, 0.4) is 0 Å². The van der Waals surface area contributed by atoms with Crippen molar-refractivity contribution in [3.05, 3.63) is 127 Å². The molecule has 0 spiro atoms. The van der Waals surface area contributed by atoms with Crippen molar-refractivity contribution >= 4 is 21.9 Å². The maximum Gasteiger partial charge on any atom is 0.223 e. The average Bonchev–Trinajstić information content (AvgIpc) is 3.28. The summed E-state index contributed by atoms with van der Waals surface area (Å²) in [5, 5.41) is 2.24. The summed E-state index contributed by atoms with van der Waals surface area (Å²) in [6.07, 6.45) is 10.3. The number of rotatable bonds is 3. The van der Waals surface area contributed by atoms with Gasteiger partial charge in [-0.25, -0.2) is 9.97 Å². The second kappa shape index (κ2) is 12.1. The van der Waals surface area contributed by atoms with Gasteiger partial charge in [-0.3, -0.25) is 10.5 Å². The SMILES string of the molecule is CC(C)(C)c1ccnc(Oc2cccc(-n3c4ccccc4c4cccnc43)n2)c1.[C-]#Cc1ccccc1.[Pt]. The Bertz CT molecular complexity index is 1690. The van der Waals surface area contributed by atoms with Gasteiger partial charge in [0.15, 0.2) is 0 Å². The largest absolute Gasteiger partial charge is 0.421 e. The molecule has 0 N–H and O–H groups in total. The first-order chi connectivity index (χ1) is 18.4. The van der Waals surface area contributed by atoms with E-state index in [1.165, 1.54) is 0 Å². The predicted molar refractivity (Wildman–Crippen MR) is 152 cm³/mol. The Kier molecular flexibility index (Phi) is 8.59. The van der Waals surface area contributed by atoms with Crippen molar-refractivity contribution in [2.24, 2.45) is 0 Å². The van der Waals surface area contributed by atoms with Gasteiger partial charge in [-0.1, -0.05) is 63.2 Å². The van der Waals surface area contributed by atoms with Crippen LogP contribution in [0.25, 0.3) is 27.8 Å². The van der Waals surface area contributed by atoms with Crippen LogP contribution >= 0.6 is 0 Å². The van der Waals surface area contributed by atoms with Gasteiger partial charge < -0.3 is 11.2 Å². The first-order valence-electron chi connectivity index (χ1n) is 12.4. The van der Waals surface area contributed by atoms with Crippen LogP contribution < -0.4 is 4.74 Å². The zero-order valence-corrected chi connectivity index (χ0v) is 24.2. The molecule has 0 atom stereocenters. The van der Waals surface area contributed by atoms with Gasteiger partial charge in [0.2, 0.25) is 11.8 Å². The average molecular weight is 691 g/mol. The summed E-state index contributed by atoms with van der Waals surface area (Å²) in [6.45, 7) is 6.50. The van der Waals surface area contributed by atoms with Crippen LogP contribution in [0.5, 0.6) is 11.8 Å². The third-order valence-corrected chi connectivity index (χ3v) is 6.10. The zero-order valence-electron chi connectivity index (χ0n) is 21.9. The van der Waals surface area contributed by atoms with E-state index in [-0.39, 0.29) is 26.5 Å². The summed E-state index contributed by atoms with van der Waals surface area (Å²) < 4.78 is 8.09. The summed E-state index contributed by atoms with van der Waals surface area (Å²) in [6, 6.07) is 31.4. The molecule has 0 bridgehead atoms. The minimum absolute atomic E-state index is 0. The summed E-state index contributed by atoms with van der Waals surface area (Å²) >= 11 is 0.